The molecule has 0 radical (unpaired) electrons. The summed E-state index contributed by atoms with van der Waals surface area (Å²) >= 11 is 3.46. The smallest absolute Gasteiger partial charge is 0.245 e. The zero-order valence-corrected chi connectivity index (χ0v) is 12.9. The van der Waals surface area contributed by atoms with E-state index in [9.17, 15) is 4.79 Å². The molecule has 1 aromatic carbocycles. The lowest BCUT2D eigenvalue weighted by molar-refractivity contribution is -0.122. The van der Waals surface area contributed by atoms with E-state index in [1.807, 2.05) is 36.2 Å². The predicted molar refractivity (Wildman–Crippen MR) is 81.2 cm³/mol. The van der Waals surface area contributed by atoms with Crippen LogP contribution in [0.1, 0.15) is 13.3 Å². The molecular weight excluding hydrogens is 306 g/mol. The number of benzene rings is 1. The molecule has 19 heavy (non-hydrogen) atoms. The fourth-order valence-corrected chi connectivity index (χ4v) is 2.92. The van der Waals surface area contributed by atoms with Gasteiger partial charge in [0.25, 0.3) is 0 Å². The van der Waals surface area contributed by atoms with Gasteiger partial charge in [-0.15, -0.1) is 0 Å². The molecule has 2 unspecified atom stereocenters. The van der Waals surface area contributed by atoms with Crippen molar-refractivity contribution in [2.75, 3.05) is 25.0 Å². The third-order valence-electron chi connectivity index (χ3n) is 3.70. The summed E-state index contributed by atoms with van der Waals surface area (Å²) in [6.45, 7) is 3.33. The van der Waals surface area contributed by atoms with Crippen LogP contribution in [0.2, 0.25) is 0 Å². The van der Waals surface area contributed by atoms with Crippen LogP contribution in [0, 0.1) is 0 Å². The minimum absolute atomic E-state index is 0.0908. The molecule has 0 bridgehead atoms. The number of nitrogens with two attached hydrogens (primary N) is 1. The Balaban J connectivity index is 2.38. The normalized spacial score (nSPS) is 25.5. The molecule has 0 aliphatic carbocycles. The Morgan fingerprint density at radius 3 is 2.84 bits per heavy atom. The molecule has 1 aliphatic rings. The van der Waals surface area contributed by atoms with Crippen molar-refractivity contribution in [2.24, 2.45) is 5.73 Å². The van der Waals surface area contributed by atoms with E-state index >= 15 is 0 Å². The minimum atomic E-state index is -0.232. The lowest BCUT2D eigenvalue weighted by atomic mass is 10.1. The first-order valence-electron chi connectivity index (χ1n) is 6.53. The van der Waals surface area contributed by atoms with Gasteiger partial charge < -0.3 is 10.6 Å². The number of hydrogen-bond donors (Lipinski definition) is 1. The first-order valence-corrected chi connectivity index (χ1v) is 7.33. The van der Waals surface area contributed by atoms with Crippen molar-refractivity contribution in [2.45, 2.75) is 25.4 Å². The molecule has 0 saturated carbocycles. The number of amides is 1. The van der Waals surface area contributed by atoms with Gasteiger partial charge in [0, 0.05) is 29.3 Å². The summed E-state index contributed by atoms with van der Waals surface area (Å²) in [7, 11) is 1.96. The molecule has 0 aromatic heterocycles. The summed E-state index contributed by atoms with van der Waals surface area (Å²) in [5.74, 6) is 0.0908. The molecule has 104 valence electrons. The van der Waals surface area contributed by atoms with E-state index in [2.05, 4.69) is 27.8 Å². The maximum Gasteiger partial charge on any atom is 0.245 e. The van der Waals surface area contributed by atoms with E-state index in [4.69, 9.17) is 5.73 Å². The lowest BCUT2D eigenvalue weighted by Crippen LogP contribution is -2.50. The van der Waals surface area contributed by atoms with E-state index in [0.717, 1.165) is 23.1 Å². The van der Waals surface area contributed by atoms with Gasteiger partial charge in [-0.1, -0.05) is 22.0 Å². The summed E-state index contributed by atoms with van der Waals surface area (Å²) in [4.78, 5) is 16.6. The minimum Gasteiger partial charge on any atom is -0.328 e. The highest BCUT2D eigenvalue weighted by Gasteiger charge is 2.34. The average molecular weight is 326 g/mol. The molecule has 1 heterocycles. The zero-order chi connectivity index (χ0) is 14.0. The Kier molecular flexibility index (Phi) is 4.60. The number of likely N-dealkylation sites (N-methyl/N-ethyl adjacent to an activating group) is 1. The van der Waals surface area contributed by atoms with E-state index < -0.39 is 0 Å². The summed E-state index contributed by atoms with van der Waals surface area (Å²) in [6, 6.07) is 7.81. The SMILES string of the molecule is CC1CCN(C)C(CN)C(=O)N1c1cccc(Br)c1. The highest BCUT2D eigenvalue weighted by atomic mass is 79.9. The van der Waals surface area contributed by atoms with Crippen LogP contribution in [0.3, 0.4) is 0 Å². The van der Waals surface area contributed by atoms with Crippen LogP contribution in [0.15, 0.2) is 28.7 Å². The highest BCUT2D eigenvalue weighted by Crippen LogP contribution is 2.26. The second-order valence-corrected chi connectivity index (χ2v) is 5.97. The second kappa shape index (κ2) is 6.03. The van der Waals surface area contributed by atoms with Gasteiger partial charge in [0.2, 0.25) is 5.91 Å². The highest BCUT2D eigenvalue weighted by molar-refractivity contribution is 9.10. The number of hydrogen-bond acceptors (Lipinski definition) is 3. The largest absolute Gasteiger partial charge is 0.328 e. The summed E-state index contributed by atoms with van der Waals surface area (Å²) in [6.07, 6.45) is 0.950. The van der Waals surface area contributed by atoms with Gasteiger partial charge in [-0.2, -0.15) is 0 Å². The van der Waals surface area contributed by atoms with Gasteiger partial charge in [-0.05, 0) is 38.6 Å². The van der Waals surface area contributed by atoms with Crippen LogP contribution in [0.4, 0.5) is 5.69 Å². The van der Waals surface area contributed by atoms with Gasteiger partial charge in [0.1, 0.15) is 6.04 Å². The molecule has 0 spiro atoms. The van der Waals surface area contributed by atoms with Gasteiger partial charge in [-0.25, -0.2) is 0 Å². The van der Waals surface area contributed by atoms with Gasteiger partial charge in [0.15, 0.2) is 0 Å². The molecular formula is C14H20BrN3O. The molecule has 1 amide bonds. The van der Waals surface area contributed by atoms with Crippen molar-refractivity contribution in [3.63, 3.8) is 0 Å². The van der Waals surface area contributed by atoms with Crippen LogP contribution in [0.5, 0.6) is 0 Å². The molecule has 1 saturated heterocycles. The average Bonchev–Trinajstić information content (AvgIpc) is 2.47. The van der Waals surface area contributed by atoms with Crippen molar-refractivity contribution < 1.29 is 4.79 Å². The number of halogens is 1. The van der Waals surface area contributed by atoms with Crippen molar-refractivity contribution in [3.05, 3.63) is 28.7 Å². The van der Waals surface area contributed by atoms with Crippen LogP contribution < -0.4 is 10.6 Å². The Hall–Kier alpha value is -0.910. The third-order valence-corrected chi connectivity index (χ3v) is 4.20. The molecule has 2 N–H and O–H groups in total. The topological polar surface area (TPSA) is 49.6 Å². The van der Waals surface area contributed by atoms with E-state index in [-0.39, 0.29) is 18.0 Å². The molecule has 2 atom stereocenters. The van der Waals surface area contributed by atoms with Crippen molar-refractivity contribution in [3.8, 4) is 0 Å². The zero-order valence-electron chi connectivity index (χ0n) is 11.3. The summed E-state index contributed by atoms with van der Waals surface area (Å²) in [5.41, 5.74) is 6.70. The molecule has 1 fully saturated rings. The Morgan fingerprint density at radius 2 is 2.21 bits per heavy atom. The van der Waals surface area contributed by atoms with E-state index in [1.54, 1.807) is 0 Å². The fraction of sp³-hybridized carbons (Fsp3) is 0.500. The molecule has 1 aromatic rings. The number of carbonyl (C=O) groups excluding carboxylic acids is 1. The quantitative estimate of drug-likeness (QED) is 0.902. The summed E-state index contributed by atoms with van der Waals surface area (Å²) in [5, 5.41) is 0. The van der Waals surface area contributed by atoms with E-state index in [1.165, 1.54) is 0 Å². The molecule has 1 aliphatic heterocycles. The van der Waals surface area contributed by atoms with Gasteiger partial charge >= 0.3 is 0 Å². The lowest BCUT2D eigenvalue weighted by Gasteiger charge is -2.30. The third kappa shape index (κ3) is 2.99. The van der Waals surface area contributed by atoms with Crippen LogP contribution in [-0.2, 0) is 4.79 Å². The van der Waals surface area contributed by atoms with Crippen LogP contribution in [-0.4, -0.2) is 43.0 Å². The number of nitrogens with zero attached hydrogens (tertiary/aromatic N) is 2. The predicted octanol–water partition coefficient (Wildman–Crippen LogP) is 1.83. The first kappa shape index (κ1) is 14.5. The Labute approximate surface area is 122 Å². The molecule has 5 heteroatoms. The Morgan fingerprint density at radius 1 is 1.47 bits per heavy atom. The van der Waals surface area contributed by atoms with E-state index in [0.29, 0.717) is 6.54 Å². The van der Waals surface area contributed by atoms with Crippen molar-refractivity contribution in [1.82, 2.24) is 4.90 Å². The van der Waals surface area contributed by atoms with Crippen molar-refractivity contribution >= 4 is 27.5 Å². The molecule has 2 rings (SSSR count). The number of carbonyl (C=O) groups is 1. The van der Waals surface area contributed by atoms with Gasteiger partial charge in [-0.3, -0.25) is 9.69 Å². The number of anilines is 1. The second-order valence-electron chi connectivity index (χ2n) is 5.06. The van der Waals surface area contributed by atoms with Gasteiger partial charge in [0.05, 0.1) is 0 Å². The number of rotatable bonds is 2. The first-order chi connectivity index (χ1) is 9.04. The monoisotopic (exact) mass is 325 g/mol. The summed E-state index contributed by atoms with van der Waals surface area (Å²) < 4.78 is 0.979. The fourth-order valence-electron chi connectivity index (χ4n) is 2.53. The van der Waals surface area contributed by atoms with Crippen LogP contribution in [0.25, 0.3) is 0 Å². The maximum absolute atomic E-state index is 12.7. The Bertz CT molecular complexity index is 466. The standard InChI is InChI=1S/C14H20BrN3O/c1-10-6-7-17(2)13(9-16)14(19)18(10)12-5-3-4-11(15)8-12/h3-5,8,10,13H,6-7,9,16H2,1-2H3. The molecule has 4 nitrogen and oxygen atoms in total. The van der Waals surface area contributed by atoms with Crippen LogP contribution >= 0.6 is 15.9 Å². The maximum atomic E-state index is 12.7. The van der Waals surface area contributed by atoms with Crippen molar-refractivity contribution in [1.29, 1.82) is 0 Å².